The fourth-order valence-corrected chi connectivity index (χ4v) is 2.12. The summed E-state index contributed by atoms with van der Waals surface area (Å²) in [5, 5.41) is 10.6. The fraction of sp³-hybridized carbons (Fsp3) is 0.0526. The summed E-state index contributed by atoms with van der Waals surface area (Å²) in [6.45, 7) is 0.503. The third-order valence-corrected chi connectivity index (χ3v) is 3.36. The topological polar surface area (TPSA) is 61.6 Å². The van der Waals surface area contributed by atoms with Gasteiger partial charge < -0.3 is 9.47 Å². The molecule has 3 rings (SSSR count). The number of hydrogen-bond acceptors (Lipinski definition) is 4. The molecule has 5 heteroatoms. The highest BCUT2D eigenvalue weighted by molar-refractivity contribution is 5.39. The molecule has 0 saturated carbocycles. The van der Waals surface area contributed by atoms with Crippen molar-refractivity contribution in [3.63, 3.8) is 0 Å². The number of rotatable bonds is 6. The molecule has 3 aromatic carbocycles. The van der Waals surface area contributed by atoms with Gasteiger partial charge in [-0.3, -0.25) is 10.1 Å². The summed E-state index contributed by atoms with van der Waals surface area (Å²) in [6.07, 6.45) is 0. The van der Waals surface area contributed by atoms with Crippen LogP contribution in [0.3, 0.4) is 0 Å². The van der Waals surface area contributed by atoms with Crippen molar-refractivity contribution in [1.29, 1.82) is 0 Å². The van der Waals surface area contributed by atoms with Crippen molar-refractivity contribution in [2.75, 3.05) is 0 Å². The van der Waals surface area contributed by atoms with Gasteiger partial charge in [-0.05, 0) is 42.0 Å². The van der Waals surface area contributed by atoms with Crippen LogP contribution in [0.4, 0.5) is 5.69 Å². The maximum Gasteiger partial charge on any atom is 0.269 e. The average Bonchev–Trinajstić information content (AvgIpc) is 2.62. The van der Waals surface area contributed by atoms with E-state index >= 15 is 0 Å². The minimum atomic E-state index is -0.442. The van der Waals surface area contributed by atoms with Crippen LogP contribution in [0, 0.1) is 10.1 Å². The minimum Gasteiger partial charge on any atom is -0.489 e. The lowest BCUT2D eigenvalue weighted by Crippen LogP contribution is -1.94. The van der Waals surface area contributed by atoms with Crippen molar-refractivity contribution in [2.24, 2.45) is 0 Å². The molecule has 0 aromatic heterocycles. The van der Waals surface area contributed by atoms with Crippen LogP contribution in [0.25, 0.3) is 0 Å². The number of benzene rings is 3. The number of hydrogen-bond donors (Lipinski definition) is 0. The Kier molecular flexibility index (Phi) is 4.72. The molecule has 0 radical (unpaired) electrons. The molecule has 0 aliphatic carbocycles. The summed E-state index contributed by atoms with van der Waals surface area (Å²) in [5.41, 5.74) is 1.13. The van der Waals surface area contributed by atoms with E-state index in [-0.39, 0.29) is 5.69 Å². The molecule has 0 atom stereocenters. The molecule has 0 amide bonds. The van der Waals surface area contributed by atoms with E-state index in [1.54, 1.807) is 24.3 Å². The van der Waals surface area contributed by atoms with Crippen LogP contribution in [-0.2, 0) is 6.61 Å². The highest BCUT2D eigenvalue weighted by atomic mass is 16.6. The zero-order valence-corrected chi connectivity index (χ0v) is 12.8. The summed E-state index contributed by atoms with van der Waals surface area (Å²) < 4.78 is 11.4. The lowest BCUT2D eigenvalue weighted by Gasteiger charge is -2.08. The van der Waals surface area contributed by atoms with Gasteiger partial charge in [-0.15, -0.1) is 0 Å². The molecule has 3 aromatic rings. The van der Waals surface area contributed by atoms with Gasteiger partial charge in [0.1, 0.15) is 23.9 Å². The maximum atomic E-state index is 10.6. The Labute approximate surface area is 139 Å². The highest BCUT2D eigenvalue weighted by Crippen LogP contribution is 2.25. The maximum absolute atomic E-state index is 10.6. The predicted molar refractivity (Wildman–Crippen MR) is 90.4 cm³/mol. The Morgan fingerprint density at radius 2 is 1.29 bits per heavy atom. The number of ether oxygens (including phenoxy) is 2. The molecule has 0 saturated heterocycles. The van der Waals surface area contributed by atoms with Crippen molar-refractivity contribution in [1.82, 2.24) is 0 Å². The van der Waals surface area contributed by atoms with Gasteiger partial charge in [-0.1, -0.05) is 30.3 Å². The number of nitro benzene ring substituents is 1. The van der Waals surface area contributed by atoms with E-state index in [0.29, 0.717) is 18.1 Å². The number of nitrogens with zero attached hydrogens (tertiary/aromatic N) is 1. The smallest absolute Gasteiger partial charge is 0.269 e. The molecule has 0 N–H and O–H groups in total. The monoisotopic (exact) mass is 321 g/mol. The van der Waals surface area contributed by atoms with Crippen molar-refractivity contribution >= 4 is 5.69 Å². The summed E-state index contributed by atoms with van der Waals surface area (Å²) >= 11 is 0. The molecular weight excluding hydrogens is 306 g/mol. The van der Waals surface area contributed by atoms with Gasteiger partial charge in [-0.25, -0.2) is 0 Å². The molecule has 24 heavy (non-hydrogen) atoms. The van der Waals surface area contributed by atoms with Crippen molar-refractivity contribution in [3.8, 4) is 17.2 Å². The molecule has 0 fully saturated rings. The molecule has 0 aliphatic heterocycles. The quantitative estimate of drug-likeness (QED) is 0.475. The van der Waals surface area contributed by atoms with Crippen LogP contribution in [0.5, 0.6) is 17.2 Å². The zero-order valence-electron chi connectivity index (χ0n) is 12.8. The van der Waals surface area contributed by atoms with Gasteiger partial charge in [0.25, 0.3) is 5.69 Å². The Balaban J connectivity index is 1.59. The van der Waals surface area contributed by atoms with Gasteiger partial charge in [0.15, 0.2) is 0 Å². The fourth-order valence-electron chi connectivity index (χ4n) is 2.12. The van der Waals surface area contributed by atoms with Crippen LogP contribution in [0.2, 0.25) is 0 Å². The van der Waals surface area contributed by atoms with E-state index in [0.717, 1.165) is 11.3 Å². The van der Waals surface area contributed by atoms with Gasteiger partial charge in [0.2, 0.25) is 0 Å². The Morgan fingerprint density at radius 3 is 1.88 bits per heavy atom. The largest absolute Gasteiger partial charge is 0.489 e. The highest BCUT2D eigenvalue weighted by Gasteiger charge is 2.05. The predicted octanol–water partition coefficient (Wildman–Crippen LogP) is 4.97. The molecular formula is C19H15NO4. The second-order valence-corrected chi connectivity index (χ2v) is 5.10. The molecule has 0 unspecified atom stereocenters. The van der Waals surface area contributed by atoms with Crippen LogP contribution >= 0.6 is 0 Å². The third kappa shape index (κ3) is 4.10. The second kappa shape index (κ2) is 7.28. The van der Waals surface area contributed by atoms with Crippen molar-refractivity contribution < 1.29 is 14.4 Å². The van der Waals surface area contributed by atoms with Crippen molar-refractivity contribution in [3.05, 3.63) is 94.5 Å². The van der Waals surface area contributed by atoms with E-state index in [1.165, 1.54) is 12.1 Å². The molecule has 0 bridgehead atoms. The van der Waals surface area contributed by atoms with Crippen molar-refractivity contribution in [2.45, 2.75) is 6.61 Å². The van der Waals surface area contributed by atoms with Crippen LogP contribution < -0.4 is 9.47 Å². The molecule has 120 valence electrons. The first-order valence-electron chi connectivity index (χ1n) is 7.40. The van der Waals surface area contributed by atoms with E-state index in [9.17, 15) is 10.1 Å². The first-order chi connectivity index (χ1) is 11.7. The molecule has 0 heterocycles. The summed E-state index contributed by atoms with van der Waals surface area (Å²) in [7, 11) is 0. The summed E-state index contributed by atoms with van der Waals surface area (Å²) in [4.78, 5) is 10.2. The van der Waals surface area contributed by atoms with Crippen LogP contribution in [0.1, 0.15) is 5.56 Å². The molecule has 0 aliphatic rings. The van der Waals surface area contributed by atoms with E-state index in [2.05, 4.69) is 0 Å². The summed E-state index contributed by atoms with van der Waals surface area (Å²) in [5.74, 6) is 1.92. The second-order valence-electron chi connectivity index (χ2n) is 5.10. The lowest BCUT2D eigenvalue weighted by molar-refractivity contribution is -0.384. The van der Waals surface area contributed by atoms with E-state index in [4.69, 9.17) is 9.47 Å². The van der Waals surface area contributed by atoms with Gasteiger partial charge in [0, 0.05) is 12.1 Å². The first-order valence-corrected chi connectivity index (χ1v) is 7.40. The zero-order chi connectivity index (χ0) is 16.8. The minimum absolute atomic E-state index is 0.0343. The third-order valence-electron chi connectivity index (χ3n) is 3.36. The van der Waals surface area contributed by atoms with E-state index in [1.807, 2.05) is 42.5 Å². The molecule has 5 nitrogen and oxygen atoms in total. The van der Waals surface area contributed by atoms with Crippen LogP contribution in [0.15, 0.2) is 78.9 Å². The first kappa shape index (κ1) is 15.6. The number of non-ortho nitro benzene ring substituents is 1. The van der Waals surface area contributed by atoms with Gasteiger partial charge in [0.05, 0.1) is 4.92 Å². The number of nitro groups is 1. The summed E-state index contributed by atoms with van der Waals surface area (Å²) in [6, 6.07) is 23.1. The average molecular weight is 321 g/mol. The van der Waals surface area contributed by atoms with Gasteiger partial charge in [-0.2, -0.15) is 0 Å². The SMILES string of the molecule is O=[N+]([O-])c1ccc(Oc2ccc(OCc3ccccc3)cc2)cc1. The standard InChI is InChI=1S/C19H15NO4/c21-20(22)16-6-8-18(9-7-16)24-19-12-10-17(11-13-19)23-14-15-4-2-1-3-5-15/h1-13H,14H2. The van der Waals surface area contributed by atoms with E-state index < -0.39 is 4.92 Å². The Bertz CT molecular complexity index is 799. The lowest BCUT2D eigenvalue weighted by atomic mass is 10.2. The Morgan fingerprint density at radius 1 is 0.750 bits per heavy atom. The molecule has 0 spiro atoms. The normalized spacial score (nSPS) is 10.2. The van der Waals surface area contributed by atoms with Gasteiger partial charge >= 0.3 is 0 Å². The Hall–Kier alpha value is -3.34. The van der Waals surface area contributed by atoms with Crippen LogP contribution in [-0.4, -0.2) is 4.92 Å².